The number of hydrogen-bond acceptors (Lipinski definition) is 8. The second-order valence-electron chi connectivity index (χ2n) is 18.7. The molecule has 1 rings (SSSR count). The fraction of sp³-hybridized carbons (Fsp3) is 0.906. The maximum absolute atomic E-state index is 13.0. The highest BCUT2D eigenvalue weighted by Gasteiger charge is 2.44. The van der Waals surface area contributed by atoms with Crippen LogP contribution in [0, 0.1) is 0 Å². The molecule has 0 bridgehead atoms. The zero-order chi connectivity index (χ0) is 45.1. The third-order valence-electron chi connectivity index (χ3n) is 12.8. The van der Waals surface area contributed by atoms with Gasteiger partial charge in [-0.3, -0.25) is 4.79 Å². The molecule has 9 heteroatoms. The van der Waals surface area contributed by atoms with E-state index in [2.05, 4.69) is 31.3 Å². The molecule has 1 saturated heterocycles. The van der Waals surface area contributed by atoms with Gasteiger partial charge in [-0.25, -0.2) is 0 Å². The van der Waals surface area contributed by atoms with Gasteiger partial charge in [0.15, 0.2) is 6.29 Å². The summed E-state index contributed by atoms with van der Waals surface area (Å²) >= 11 is 0. The van der Waals surface area contributed by atoms with E-state index in [4.69, 9.17) is 9.47 Å². The third-order valence-corrected chi connectivity index (χ3v) is 12.8. The van der Waals surface area contributed by atoms with Gasteiger partial charge in [-0.15, -0.1) is 0 Å². The van der Waals surface area contributed by atoms with Crippen molar-refractivity contribution in [2.75, 3.05) is 13.2 Å². The Bertz CT molecular complexity index is 1020. The molecular weight excluding hydrogens is 779 g/mol. The van der Waals surface area contributed by atoms with Crippen LogP contribution in [0.2, 0.25) is 0 Å². The van der Waals surface area contributed by atoms with Gasteiger partial charge in [0, 0.05) is 6.42 Å². The van der Waals surface area contributed by atoms with E-state index < -0.39 is 49.5 Å². The lowest BCUT2D eigenvalue weighted by Gasteiger charge is -2.40. The van der Waals surface area contributed by atoms with Crippen molar-refractivity contribution in [1.82, 2.24) is 5.32 Å². The number of aliphatic hydroxyl groups excluding tert-OH is 5. The second-order valence-corrected chi connectivity index (χ2v) is 18.7. The first-order chi connectivity index (χ1) is 30.3. The number of carbonyl (C=O) groups is 1. The van der Waals surface area contributed by atoms with E-state index in [0.717, 1.165) is 38.5 Å². The van der Waals surface area contributed by atoms with Crippen LogP contribution < -0.4 is 5.32 Å². The summed E-state index contributed by atoms with van der Waals surface area (Å²) in [6, 6.07) is -0.816. The van der Waals surface area contributed by atoms with Crippen molar-refractivity contribution in [3.63, 3.8) is 0 Å². The minimum Gasteiger partial charge on any atom is -0.394 e. The van der Waals surface area contributed by atoms with Crippen molar-refractivity contribution in [2.24, 2.45) is 0 Å². The highest BCUT2D eigenvalue weighted by Crippen LogP contribution is 2.23. The van der Waals surface area contributed by atoms with Gasteiger partial charge in [0.05, 0.1) is 25.4 Å². The molecule has 0 aromatic heterocycles. The van der Waals surface area contributed by atoms with Crippen molar-refractivity contribution in [2.45, 2.75) is 294 Å². The van der Waals surface area contributed by atoms with E-state index in [0.29, 0.717) is 6.42 Å². The molecule has 0 aromatic carbocycles. The van der Waals surface area contributed by atoms with E-state index in [1.165, 1.54) is 193 Å². The third kappa shape index (κ3) is 33.2. The predicted octanol–water partition coefficient (Wildman–Crippen LogP) is 12.2. The second kappa shape index (κ2) is 43.6. The van der Waals surface area contributed by atoms with Crippen LogP contribution >= 0.6 is 0 Å². The van der Waals surface area contributed by atoms with Crippen LogP contribution in [-0.2, 0) is 14.3 Å². The smallest absolute Gasteiger partial charge is 0.220 e. The molecule has 0 aromatic rings. The average molecular weight is 880 g/mol. The predicted molar refractivity (Wildman–Crippen MR) is 258 cm³/mol. The quantitative estimate of drug-likeness (QED) is 0.0262. The molecule has 1 aliphatic heterocycles. The molecule has 9 nitrogen and oxygen atoms in total. The average Bonchev–Trinajstić information content (AvgIpc) is 3.27. The van der Waals surface area contributed by atoms with Gasteiger partial charge in [-0.1, -0.05) is 237 Å². The van der Waals surface area contributed by atoms with Gasteiger partial charge >= 0.3 is 0 Å². The first kappa shape index (κ1) is 58.7. The van der Waals surface area contributed by atoms with Gasteiger partial charge in [0.25, 0.3) is 0 Å². The molecular formula is C53H101NO8. The Hall–Kier alpha value is -1.33. The lowest BCUT2D eigenvalue weighted by molar-refractivity contribution is -0.302. The van der Waals surface area contributed by atoms with Gasteiger partial charge in [0.1, 0.15) is 24.4 Å². The molecule has 0 aliphatic carbocycles. The van der Waals surface area contributed by atoms with Crippen molar-refractivity contribution in [1.29, 1.82) is 0 Å². The van der Waals surface area contributed by atoms with E-state index in [-0.39, 0.29) is 12.5 Å². The topological polar surface area (TPSA) is 149 Å². The number of carbonyl (C=O) groups excluding carboxylic acids is 1. The van der Waals surface area contributed by atoms with Gasteiger partial charge in [-0.05, 0) is 32.1 Å². The minimum absolute atomic E-state index is 0.183. The molecule has 1 amide bonds. The van der Waals surface area contributed by atoms with Crippen molar-refractivity contribution in [3.8, 4) is 0 Å². The summed E-state index contributed by atoms with van der Waals surface area (Å²) in [7, 11) is 0. The first-order valence-corrected chi connectivity index (χ1v) is 26.6. The van der Waals surface area contributed by atoms with Crippen LogP contribution in [0.4, 0.5) is 0 Å². The number of allylic oxidation sites excluding steroid dienone is 3. The zero-order valence-corrected chi connectivity index (χ0v) is 40.4. The molecule has 1 fully saturated rings. The number of ether oxygens (including phenoxy) is 2. The fourth-order valence-corrected chi connectivity index (χ4v) is 8.53. The number of unbranched alkanes of at least 4 members (excludes halogenated alkanes) is 33. The van der Waals surface area contributed by atoms with Crippen LogP contribution in [0.1, 0.15) is 251 Å². The molecule has 7 unspecified atom stereocenters. The Morgan fingerprint density at radius 3 is 1.35 bits per heavy atom. The standard InChI is InChI=1S/C53H101NO8/c1-3-5-7-9-11-13-15-17-18-19-20-21-22-23-24-25-26-27-28-29-30-31-33-35-37-39-41-43-49(57)54-46(45-61-53-52(60)51(59)50(58)48(44-55)62-53)47(56)42-40-38-36-34-32-16-14-12-10-8-6-4-2/h32,34,40,42,46-48,50-53,55-56,58-60H,3-31,33,35-39,41,43-45H2,1-2H3,(H,54,57)/b34-32+,42-40+. The van der Waals surface area contributed by atoms with E-state index in [1.54, 1.807) is 6.08 Å². The van der Waals surface area contributed by atoms with Gasteiger partial charge in [-0.2, -0.15) is 0 Å². The van der Waals surface area contributed by atoms with Crippen molar-refractivity contribution < 1.29 is 39.8 Å². The normalized spacial score (nSPS) is 20.4. The molecule has 62 heavy (non-hydrogen) atoms. The summed E-state index contributed by atoms with van der Waals surface area (Å²) in [6.45, 7) is 3.76. The Labute approximate surface area is 381 Å². The maximum Gasteiger partial charge on any atom is 0.220 e. The lowest BCUT2D eigenvalue weighted by Crippen LogP contribution is -2.60. The Morgan fingerprint density at radius 2 is 0.919 bits per heavy atom. The number of hydrogen-bond donors (Lipinski definition) is 6. The van der Waals surface area contributed by atoms with Crippen LogP contribution in [0.25, 0.3) is 0 Å². The van der Waals surface area contributed by atoms with Gasteiger partial charge in [0.2, 0.25) is 5.91 Å². The Balaban J connectivity index is 2.18. The summed E-state index contributed by atoms with van der Waals surface area (Å²) in [6.07, 6.45) is 46.8. The number of rotatable bonds is 45. The first-order valence-electron chi connectivity index (χ1n) is 26.6. The van der Waals surface area contributed by atoms with Crippen molar-refractivity contribution in [3.05, 3.63) is 24.3 Å². The van der Waals surface area contributed by atoms with Gasteiger partial charge < -0.3 is 40.3 Å². The molecule has 366 valence electrons. The van der Waals surface area contributed by atoms with Crippen LogP contribution in [0.15, 0.2) is 24.3 Å². The summed E-state index contributed by atoms with van der Waals surface area (Å²) in [5.74, 6) is -0.183. The number of amides is 1. The molecule has 1 heterocycles. The monoisotopic (exact) mass is 880 g/mol. The summed E-state index contributed by atoms with van der Waals surface area (Å²) in [5, 5.41) is 54.2. The maximum atomic E-state index is 13.0. The van der Waals surface area contributed by atoms with Crippen LogP contribution in [0.3, 0.4) is 0 Å². The van der Waals surface area contributed by atoms with E-state index in [9.17, 15) is 30.3 Å². The highest BCUT2D eigenvalue weighted by atomic mass is 16.7. The summed E-state index contributed by atoms with van der Waals surface area (Å²) in [5.41, 5.74) is 0. The number of aliphatic hydroxyl groups is 5. The zero-order valence-electron chi connectivity index (χ0n) is 40.4. The van der Waals surface area contributed by atoms with Crippen LogP contribution in [0.5, 0.6) is 0 Å². The minimum atomic E-state index is -1.57. The molecule has 0 saturated carbocycles. The molecule has 1 aliphatic rings. The largest absolute Gasteiger partial charge is 0.394 e. The molecule has 7 atom stereocenters. The molecule has 0 spiro atoms. The lowest BCUT2D eigenvalue weighted by atomic mass is 9.99. The van der Waals surface area contributed by atoms with E-state index >= 15 is 0 Å². The summed E-state index contributed by atoms with van der Waals surface area (Å²) in [4.78, 5) is 13.0. The van der Waals surface area contributed by atoms with Crippen molar-refractivity contribution >= 4 is 5.91 Å². The van der Waals surface area contributed by atoms with E-state index in [1.807, 2.05) is 6.08 Å². The van der Waals surface area contributed by atoms with Crippen LogP contribution in [-0.4, -0.2) is 87.5 Å². The molecule has 0 radical (unpaired) electrons. The summed E-state index contributed by atoms with van der Waals surface area (Å²) < 4.78 is 11.2. The SMILES string of the molecule is CCCCCCCC/C=C/CC/C=C/C(O)C(COC1OC(CO)C(O)C(O)C1O)NC(=O)CCCCCCCCCCCCCCCCCCCCCCCCCCCCC. The Morgan fingerprint density at radius 1 is 0.532 bits per heavy atom. The molecule has 6 N–H and O–H groups in total. The Kier molecular flexibility index (Phi) is 41.2. The highest BCUT2D eigenvalue weighted by molar-refractivity contribution is 5.76. The fourth-order valence-electron chi connectivity index (χ4n) is 8.53. The number of nitrogens with one attached hydrogen (secondary N) is 1.